The highest BCUT2D eigenvalue weighted by molar-refractivity contribution is 5.96. The number of nitrogens with zero attached hydrogens (tertiary/aromatic N) is 6. The van der Waals surface area contributed by atoms with Crippen LogP contribution in [0, 0.1) is 5.92 Å². The zero-order valence-electron chi connectivity index (χ0n) is 17.0. The number of piperidine rings is 1. The summed E-state index contributed by atoms with van der Waals surface area (Å²) >= 11 is 0. The highest BCUT2D eigenvalue weighted by Gasteiger charge is 2.53. The molecule has 32 heavy (non-hydrogen) atoms. The summed E-state index contributed by atoms with van der Waals surface area (Å²) in [5, 5.41) is 8.20. The molecule has 1 aliphatic carbocycles. The smallest absolute Gasteiger partial charge is 0.433 e. The van der Waals surface area contributed by atoms with Gasteiger partial charge in [0.15, 0.2) is 5.69 Å². The Kier molecular flexibility index (Phi) is 4.83. The molecule has 166 valence electrons. The van der Waals surface area contributed by atoms with E-state index in [0.717, 1.165) is 18.7 Å². The Hall–Kier alpha value is -3.50. The topological polar surface area (TPSA) is 86.0 Å². The molecule has 0 spiro atoms. The second-order valence-electron chi connectivity index (χ2n) is 7.97. The van der Waals surface area contributed by atoms with Crippen molar-refractivity contribution in [2.75, 3.05) is 0 Å². The van der Waals surface area contributed by atoms with Crippen LogP contribution in [-0.4, -0.2) is 54.0 Å². The number of hydrogen-bond acceptors (Lipinski definition) is 6. The summed E-state index contributed by atoms with van der Waals surface area (Å²) in [6.07, 6.45) is 2.28. The lowest BCUT2D eigenvalue weighted by Gasteiger charge is -2.37. The van der Waals surface area contributed by atoms with Gasteiger partial charge in [-0.3, -0.25) is 4.79 Å². The van der Waals surface area contributed by atoms with Crippen molar-refractivity contribution in [3.63, 3.8) is 0 Å². The molecule has 11 heteroatoms. The number of ether oxygens (including phenoxy) is 1. The van der Waals surface area contributed by atoms with E-state index in [1.807, 2.05) is 6.92 Å². The van der Waals surface area contributed by atoms with Crippen LogP contribution in [0.15, 0.2) is 49.1 Å². The third kappa shape index (κ3) is 3.47. The van der Waals surface area contributed by atoms with E-state index in [1.165, 1.54) is 23.3 Å². The van der Waals surface area contributed by atoms with Crippen molar-refractivity contribution in [3.05, 3.63) is 60.4 Å². The molecule has 4 atom stereocenters. The number of amides is 1. The van der Waals surface area contributed by atoms with Crippen LogP contribution in [0.5, 0.6) is 5.75 Å². The first-order valence-electron chi connectivity index (χ1n) is 10.2. The van der Waals surface area contributed by atoms with Crippen LogP contribution >= 0.6 is 0 Å². The van der Waals surface area contributed by atoms with Crippen LogP contribution < -0.4 is 4.74 Å². The fourth-order valence-corrected chi connectivity index (χ4v) is 4.67. The van der Waals surface area contributed by atoms with Crippen LogP contribution in [0.4, 0.5) is 13.2 Å². The van der Waals surface area contributed by atoms with Crippen molar-refractivity contribution in [2.24, 2.45) is 5.92 Å². The Morgan fingerprint density at radius 3 is 2.53 bits per heavy atom. The Morgan fingerprint density at radius 1 is 1.09 bits per heavy atom. The molecule has 8 nitrogen and oxygen atoms in total. The average molecular weight is 444 g/mol. The summed E-state index contributed by atoms with van der Waals surface area (Å²) < 4.78 is 44.3. The van der Waals surface area contributed by atoms with Gasteiger partial charge < -0.3 is 9.64 Å². The Balaban J connectivity index is 1.38. The quantitative estimate of drug-likeness (QED) is 0.615. The van der Waals surface area contributed by atoms with Gasteiger partial charge in [-0.15, -0.1) is 4.80 Å². The molecule has 1 aliphatic heterocycles. The number of hydrogen-bond donors (Lipinski definition) is 0. The predicted octanol–water partition coefficient (Wildman–Crippen LogP) is 3.15. The summed E-state index contributed by atoms with van der Waals surface area (Å²) in [5.41, 5.74) is -0.266. The van der Waals surface area contributed by atoms with Crippen LogP contribution in [0.3, 0.4) is 0 Å². The number of carbonyl (C=O) groups excluding carboxylic acids is 1. The van der Waals surface area contributed by atoms with Gasteiger partial charge in [-0.1, -0.05) is 0 Å². The largest absolute Gasteiger partial charge is 0.487 e. The molecule has 0 unspecified atom stereocenters. The third-order valence-corrected chi connectivity index (χ3v) is 6.16. The minimum Gasteiger partial charge on any atom is -0.487 e. The Labute approximate surface area is 181 Å². The zero-order chi connectivity index (χ0) is 22.5. The van der Waals surface area contributed by atoms with Gasteiger partial charge >= 0.3 is 6.18 Å². The number of carbonyl (C=O) groups is 1. The second-order valence-corrected chi connectivity index (χ2v) is 7.97. The Bertz CT molecular complexity index is 1120. The SMILES string of the molecule is C[C@@H]1[C@H]2C[C@@H](Oc3ccc(C(F)(F)F)nc3)[C@H](C2)N1C(=O)c1ncccc1-n1nccn1. The molecule has 0 aromatic carbocycles. The van der Waals surface area contributed by atoms with E-state index in [0.29, 0.717) is 12.1 Å². The Morgan fingerprint density at radius 2 is 1.88 bits per heavy atom. The lowest BCUT2D eigenvalue weighted by molar-refractivity contribution is -0.141. The molecular weight excluding hydrogens is 425 g/mol. The standard InChI is InChI=1S/C21H19F3N6O2/c1-12-13-9-16(17(10-13)32-14-4-5-18(26-11-14)21(22,23)24)29(12)20(31)19-15(3-2-6-25-19)30-27-7-8-28-30/h2-8,11-13,16-17H,9-10H2,1H3/t12-,13-,16+,17-/m1/s1. The summed E-state index contributed by atoms with van der Waals surface area (Å²) in [4.78, 5) is 24.4. The number of aromatic nitrogens is 5. The molecule has 1 saturated carbocycles. The minimum atomic E-state index is -4.51. The number of halogens is 3. The molecule has 0 N–H and O–H groups in total. The maximum Gasteiger partial charge on any atom is 0.433 e. The van der Waals surface area contributed by atoms with Gasteiger partial charge in [0, 0.05) is 12.2 Å². The van der Waals surface area contributed by atoms with Crippen LogP contribution in [0.2, 0.25) is 0 Å². The summed E-state index contributed by atoms with van der Waals surface area (Å²) in [5.74, 6) is 0.220. The molecule has 1 saturated heterocycles. The van der Waals surface area contributed by atoms with E-state index in [-0.39, 0.29) is 41.5 Å². The van der Waals surface area contributed by atoms with Crippen molar-refractivity contribution < 1.29 is 22.7 Å². The van der Waals surface area contributed by atoms with Crippen LogP contribution in [0.1, 0.15) is 35.9 Å². The normalized spacial score (nSPS) is 24.7. The summed E-state index contributed by atoms with van der Waals surface area (Å²) in [7, 11) is 0. The van der Waals surface area contributed by atoms with Crippen LogP contribution in [0.25, 0.3) is 5.69 Å². The molecule has 0 radical (unpaired) electrons. The van der Waals surface area contributed by atoms with Crippen molar-refractivity contribution in [1.29, 1.82) is 0 Å². The third-order valence-electron chi connectivity index (χ3n) is 6.16. The molecule has 2 aliphatic rings. The van der Waals surface area contributed by atoms with Gasteiger partial charge in [-0.05, 0) is 49.9 Å². The first-order chi connectivity index (χ1) is 15.3. The number of likely N-dealkylation sites (tertiary alicyclic amines) is 1. The van der Waals surface area contributed by atoms with E-state index >= 15 is 0 Å². The second kappa shape index (κ2) is 7.57. The number of alkyl halides is 3. The number of fused-ring (bicyclic) bond motifs is 2. The molecule has 4 heterocycles. The van der Waals surface area contributed by atoms with E-state index in [1.54, 1.807) is 23.2 Å². The highest BCUT2D eigenvalue weighted by atomic mass is 19.4. The first-order valence-corrected chi connectivity index (χ1v) is 10.2. The van der Waals surface area contributed by atoms with Crippen molar-refractivity contribution in [2.45, 2.75) is 44.1 Å². The first kappa shape index (κ1) is 20.4. The molecule has 3 aromatic rings. The number of rotatable bonds is 4. The molecule has 5 rings (SSSR count). The average Bonchev–Trinajstić information content (AvgIpc) is 3.50. The summed E-state index contributed by atoms with van der Waals surface area (Å²) in [6, 6.07) is 5.35. The van der Waals surface area contributed by atoms with Gasteiger partial charge in [0.05, 0.1) is 24.6 Å². The fraction of sp³-hybridized carbons (Fsp3) is 0.381. The van der Waals surface area contributed by atoms with E-state index < -0.39 is 11.9 Å². The maximum absolute atomic E-state index is 13.5. The molecule has 1 amide bonds. The predicted molar refractivity (Wildman–Crippen MR) is 105 cm³/mol. The zero-order valence-corrected chi connectivity index (χ0v) is 17.0. The van der Waals surface area contributed by atoms with Crippen molar-refractivity contribution in [3.8, 4) is 11.4 Å². The molecule has 2 bridgehead atoms. The van der Waals surface area contributed by atoms with Gasteiger partial charge in [-0.2, -0.15) is 23.4 Å². The van der Waals surface area contributed by atoms with Crippen LogP contribution in [-0.2, 0) is 6.18 Å². The van der Waals surface area contributed by atoms with E-state index in [9.17, 15) is 18.0 Å². The fourth-order valence-electron chi connectivity index (χ4n) is 4.67. The summed E-state index contributed by atoms with van der Waals surface area (Å²) in [6.45, 7) is 1.99. The van der Waals surface area contributed by atoms with Gasteiger partial charge in [0.1, 0.15) is 23.2 Å². The molecule has 2 fully saturated rings. The van der Waals surface area contributed by atoms with Gasteiger partial charge in [0.25, 0.3) is 5.91 Å². The van der Waals surface area contributed by atoms with Crippen molar-refractivity contribution >= 4 is 5.91 Å². The lowest BCUT2D eigenvalue weighted by atomic mass is 9.98. The van der Waals surface area contributed by atoms with Gasteiger partial charge in [-0.25, -0.2) is 9.97 Å². The molecule has 3 aromatic heterocycles. The maximum atomic E-state index is 13.5. The minimum absolute atomic E-state index is 0.0153. The highest BCUT2D eigenvalue weighted by Crippen LogP contribution is 2.44. The van der Waals surface area contributed by atoms with Crippen molar-refractivity contribution in [1.82, 2.24) is 29.9 Å². The number of pyridine rings is 2. The monoisotopic (exact) mass is 444 g/mol. The van der Waals surface area contributed by atoms with E-state index in [2.05, 4.69) is 20.2 Å². The van der Waals surface area contributed by atoms with E-state index in [4.69, 9.17) is 4.74 Å². The molecular formula is C21H19F3N6O2. The lowest BCUT2D eigenvalue weighted by Crippen LogP contribution is -2.51. The van der Waals surface area contributed by atoms with Gasteiger partial charge in [0.2, 0.25) is 0 Å².